The maximum Gasteiger partial charge on any atom is 0.364 e. The zero-order valence-electron chi connectivity index (χ0n) is 14.7. The highest BCUT2D eigenvalue weighted by molar-refractivity contribution is 6.42. The summed E-state index contributed by atoms with van der Waals surface area (Å²) in [5.41, 5.74) is 9.85. The van der Waals surface area contributed by atoms with Crippen molar-refractivity contribution in [3.05, 3.63) is 44.9 Å². The number of halogens is 2. The number of ether oxygens (including phenoxy) is 3. The smallest absolute Gasteiger partial charge is 0.364 e. The molecule has 10 heteroatoms. The lowest BCUT2D eigenvalue weighted by molar-refractivity contribution is -0.164. The number of carbonyl (C=O) groups excluding carboxylic acids is 2. The molecule has 1 aromatic rings. The van der Waals surface area contributed by atoms with Crippen LogP contribution in [0.2, 0.25) is 10.0 Å². The van der Waals surface area contributed by atoms with Gasteiger partial charge >= 0.3 is 11.9 Å². The van der Waals surface area contributed by atoms with E-state index >= 15 is 0 Å². The van der Waals surface area contributed by atoms with Gasteiger partial charge in [-0.1, -0.05) is 30.1 Å². The second-order valence-electron chi connectivity index (χ2n) is 5.82. The first-order valence-corrected chi connectivity index (χ1v) is 9.03. The van der Waals surface area contributed by atoms with Gasteiger partial charge in [0.1, 0.15) is 6.10 Å². The van der Waals surface area contributed by atoms with E-state index in [1.807, 2.05) is 6.07 Å². The molecule has 1 unspecified atom stereocenters. The lowest BCUT2D eigenvalue weighted by Crippen LogP contribution is -2.34. The Morgan fingerprint density at radius 3 is 2.52 bits per heavy atom. The van der Waals surface area contributed by atoms with E-state index in [0.717, 1.165) is 17.5 Å². The Kier molecular flexibility index (Phi) is 7.58. The number of hydrazine groups is 1. The van der Waals surface area contributed by atoms with Crippen LogP contribution in [-0.2, 0) is 36.6 Å². The molecule has 0 heterocycles. The maximum atomic E-state index is 12.0. The zero-order chi connectivity index (χ0) is 20.0. The number of hydrogen-bond donors (Lipinski definition) is 3. The second kappa shape index (κ2) is 9.68. The minimum absolute atomic E-state index is 0.166. The topological polar surface area (TPSA) is 126 Å². The summed E-state index contributed by atoms with van der Waals surface area (Å²) in [7, 11) is 0. The number of esters is 2. The number of nitrogens with two attached hydrogens (primary N) is 2. The highest BCUT2D eigenvalue weighted by Gasteiger charge is 2.24. The third kappa shape index (κ3) is 5.66. The fraction of sp³-hybridized carbons (Fsp3) is 0.412. The first kappa shape index (κ1) is 21.1. The first-order chi connectivity index (χ1) is 12.8. The summed E-state index contributed by atoms with van der Waals surface area (Å²) in [5.74, 6) is 3.73. The van der Waals surface area contributed by atoms with Gasteiger partial charge in [0.05, 0.1) is 10.0 Å². The number of carbonyl (C=O) groups is 2. The molecule has 0 aromatic heterocycles. The van der Waals surface area contributed by atoms with Crippen LogP contribution in [0.5, 0.6) is 0 Å². The molecular weight excluding hydrogens is 397 g/mol. The van der Waals surface area contributed by atoms with Gasteiger partial charge in [0.2, 0.25) is 12.7 Å². The first-order valence-electron chi connectivity index (χ1n) is 8.28. The SMILES string of the molecule is CCC(=O)OCOC(=O)/C(NN)=C(/N)OC1CCc2cc(Cl)c(Cl)cc2C1. The van der Waals surface area contributed by atoms with Crippen LogP contribution in [0.3, 0.4) is 0 Å². The monoisotopic (exact) mass is 417 g/mol. The van der Waals surface area contributed by atoms with Crippen LogP contribution >= 0.6 is 23.2 Å². The van der Waals surface area contributed by atoms with E-state index in [-0.39, 0.29) is 24.1 Å². The molecule has 0 fully saturated rings. The quantitative estimate of drug-likeness (QED) is 0.153. The summed E-state index contributed by atoms with van der Waals surface area (Å²) in [4.78, 5) is 23.0. The van der Waals surface area contributed by atoms with E-state index < -0.39 is 18.7 Å². The van der Waals surface area contributed by atoms with Crippen LogP contribution in [0.4, 0.5) is 0 Å². The van der Waals surface area contributed by atoms with E-state index in [4.69, 9.17) is 44.3 Å². The van der Waals surface area contributed by atoms with Crippen molar-refractivity contribution in [1.82, 2.24) is 5.43 Å². The largest absolute Gasteiger partial charge is 0.474 e. The average molecular weight is 418 g/mol. The van der Waals surface area contributed by atoms with Gasteiger partial charge < -0.3 is 25.4 Å². The molecule has 2 rings (SSSR count). The molecule has 5 N–H and O–H groups in total. The standard InChI is InChI=1S/C17H21Cl2N3O5/c1-2-14(23)25-8-26-17(24)15(22-21)16(20)27-11-4-3-9-6-12(18)13(19)7-10(9)5-11/h6-7,11,22H,2-5,8,20-21H2,1H3/b16-15+. The van der Waals surface area contributed by atoms with Gasteiger partial charge in [-0.3, -0.25) is 10.6 Å². The van der Waals surface area contributed by atoms with Crippen LogP contribution in [0.1, 0.15) is 30.9 Å². The molecule has 0 spiro atoms. The molecular formula is C17H21Cl2N3O5. The van der Waals surface area contributed by atoms with E-state index in [1.54, 1.807) is 13.0 Å². The predicted octanol–water partition coefficient (Wildman–Crippen LogP) is 1.91. The third-order valence-electron chi connectivity index (χ3n) is 4.01. The summed E-state index contributed by atoms with van der Waals surface area (Å²) in [6.45, 7) is 1.08. The molecule has 1 aliphatic rings. The molecule has 8 nitrogen and oxygen atoms in total. The molecule has 1 atom stereocenters. The molecule has 148 valence electrons. The van der Waals surface area contributed by atoms with Crippen molar-refractivity contribution >= 4 is 35.1 Å². The highest BCUT2D eigenvalue weighted by Crippen LogP contribution is 2.31. The van der Waals surface area contributed by atoms with Gasteiger partial charge in [0, 0.05) is 12.8 Å². The lowest BCUT2D eigenvalue weighted by atomic mass is 9.90. The van der Waals surface area contributed by atoms with Crippen LogP contribution < -0.4 is 17.0 Å². The molecule has 27 heavy (non-hydrogen) atoms. The van der Waals surface area contributed by atoms with Gasteiger partial charge in [-0.05, 0) is 36.1 Å². The number of fused-ring (bicyclic) bond motifs is 1. The van der Waals surface area contributed by atoms with Crippen molar-refractivity contribution in [3.63, 3.8) is 0 Å². The molecule has 0 amide bonds. The van der Waals surface area contributed by atoms with Crippen molar-refractivity contribution in [3.8, 4) is 0 Å². The van der Waals surface area contributed by atoms with Gasteiger partial charge in [0.25, 0.3) is 0 Å². The van der Waals surface area contributed by atoms with Crippen molar-refractivity contribution in [2.24, 2.45) is 11.6 Å². The number of aryl methyl sites for hydroxylation is 1. The minimum atomic E-state index is -0.898. The van der Waals surface area contributed by atoms with Gasteiger partial charge in [-0.2, -0.15) is 0 Å². The Bertz CT molecular complexity index is 754. The summed E-state index contributed by atoms with van der Waals surface area (Å²) in [6, 6.07) is 3.64. The Morgan fingerprint density at radius 2 is 1.89 bits per heavy atom. The van der Waals surface area contributed by atoms with E-state index in [9.17, 15) is 9.59 Å². The summed E-state index contributed by atoms with van der Waals surface area (Å²) < 4.78 is 15.1. The number of benzene rings is 1. The van der Waals surface area contributed by atoms with E-state index in [1.165, 1.54) is 0 Å². The Balaban J connectivity index is 2.00. The summed E-state index contributed by atoms with van der Waals surface area (Å²) in [5, 5.41) is 0.976. The maximum absolute atomic E-state index is 12.0. The van der Waals surface area contributed by atoms with Gasteiger partial charge in [-0.15, -0.1) is 0 Å². The molecule has 0 radical (unpaired) electrons. The van der Waals surface area contributed by atoms with Gasteiger partial charge in [0.15, 0.2) is 5.70 Å². The van der Waals surface area contributed by atoms with Crippen molar-refractivity contribution in [2.75, 3.05) is 6.79 Å². The van der Waals surface area contributed by atoms with Crippen molar-refractivity contribution in [1.29, 1.82) is 0 Å². The summed E-state index contributed by atoms with van der Waals surface area (Å²) in [6.07, 6.45) is 1.84. The van der Waals surface area contributed by atoms with Crippen LogP contribution in [0.15, 0.2) is 23.7 Å². The van der Waals surface area contributed by atoms with E-state index in [2.05, 4.69) is 10.2 Å². The fourth-order valence-electron chi connectivity index (χ4n) is 2.61. The van der Waals surface area contributed by atoms with Crippen LogP contribution in [-0.4, -0.2) is 24.8 Å². The average Bonchev–Trinajstić information content (AvgIpc) is 2.63. The molecule has 0 saturated heterocycles. The predicted molar refractivity (Wildman–Crippen MR) is 99.2 cm³/mol. The van der Waals surface area contributed by atoms with E-state index in [0.29, 0.717) is 22.9 Å². The van der Waals surface area contributed by atoms with Gasteiger partial charge in [-0.25, -0.2) is 4.79 Å². The lowest BCUT2D eigenvalue weighted by Gasteiger charge is -2.26. The fourth-order valence-corrected chi connectivity index (χ4v) is 2.98. The highest BCUT2D eigenvalue weighted by atomic mass is 35.5. The number of hydrogen-bond acceptors (Lipinski definition) is 8. The normalized spacial score (nSPS) is 16.7. The molecule has 0 bridgehead atoms. The van der Waals surface area contributed by atoms with Crippen molar-refractivity contribution < 1.29 is 23.8 Å². The molecule has 0 saturated carbocycles. The minimum Gasteiger partial charge on any atom is -0.474 e. The molecule has 1 aliphatic carbocycles. The molecule has 0 aliphatic heterocycles. The number of rotatable bonds is 7. The Labute approximate surface area is 166 Å². The van der Waals surface area contributed by atoms with Crippen LogP contribution in [0, 0.1) is 0 Å². The zero-order valence-corrected chi connectivity index (χ0v) is 16.2. The Morgan fingerprint density at radius 1 is 1.22 bits per heavy atom. The Hall–Kier alpha value is -2.16. The van der Waals surface area contributed by atoms with Crippen LogP contribution in [0.25, 0.3) is 0 Å². The molecule has 1 aromatic carbocycles. The number of nitrogens with one attached hydrogen (secondary N) is 1. The summed E-state index contributed by atoms with van der Waals surface area (Å²) >= 11 is 12.1. The third-order valence-corrected chi connectivity index (χ3v) is 4.74. The van der Waals surface area contributed by atoms with Crippen molar-refractivity contribution in [2.45, 2.75) is 38.7 Å². The second-order valence-corrected chi connectivity index (χ2v) is 6.64.